The number of hydrogen-bond donors (Lipinski definition) is 2. The Balaban J connectivity index is 1.67. The van der Waals surface area contributed by atoms with E-state index in [1.54, 1.807) is 19.3 Å². The van der Waals surface area contributed by atoms with Gasteiger partial charge in [-0.2, -0.15) is 5.10 Å². The maximum Gasteiger partial charge on any atom is 0.270 e. The molecule has 2 N–H and O–H groups in total. The molecule has 0 spiro atoms. The van der Waals surface area contributed by atoms with Crippen molar-refractivity contribution in [2.75, 3.05) is 30.4 Å². The molecule has 1 saturated heterocycles. The van der Waals surface area contributed by atoms with Gasteiger partial charge in [0.25, 0.3) is 5.91 Å². The third-order valence-corrected chi connectivity index (χ3v) is 3.95. The lowest BCUT2D eigenvalue weighted by Gasteiger charge is -2.33. The minimum atomic E-state index is -0.178. The minimum absolute atomic E-state index is 0.0570. The van der Waals surface area contributed by atoms with E-state index in [9.17, 15) is 4.79 Å². The lowest BCUT2D eigenvalue weighted by atomic mass is 10.1. The molecule has 0 aromatic carbocycles. The average Bonchev–Trinajstić information content (AvgIpc) is 2.62. The molecule has 126 valence electrons. The molecular weight excluding hydrogens is 306 g/mol. The first kappa shape index (κ1) is 16.1. The first-order valence-corrected chi connectivity index (χ1v) is 8.02. The Hall–Kier alpha value is -2.77. The van der Waals surface area contributed by atoms with Crippen LogP contribution < -0.4 is 15.5 Å². The van der Waals surface area contributed by atoms with Gasteiger partial charge in [0.2, 0.25) is 5.95 Å². The monoisotopic (exact) mass is 327 g/mol. The Kier molecular flexibility index (Phi) is 4.83. The van der Waals surface area contributed by atoms with Gasteiger partial charge in [0.05, 0.1) is 0 Å². The average molecular weight is 327 g/mol. The zero-order chi connectivity index (χ0) is 16.9. The number of carbonyl (C=O) groups is 1. The van der Waals surface area contributed by atoms with Gasteiger partial charge in [0.1, 0.15) is 5.69 Å². The van der Waals surface area contributed by atoms with Crippen LogP contribution in [0.3, 0.4) is 0 Å². The number of piperidine rings is 1. The maximum absolute atomic E-state index is 12.5. The van der Waals surface area contributed by atoms with Crippen LogP contribution in [0.5, 0.6) is 0 Å². The molecule has 8 nitrogen and oxygen atoms in total. The van der Waals surface area contributed by atoms with Crippen LogP contribution in [0.25, 0.3) is 0 Å². The molecule has 3 heterocycles. The second-order valence-electron chi connectivity index (χ2n) is 5.81. The van der Waals surface area contributed by atoms with Crippen LogP contribution in [0, 0.1) is 6.92 Å². The van der Waals surface area contributed by atoms with Gasteiger partial charge in [-0.3, -0.25) is 4.79 Å². The number of anilines is 2. The zero-order valence-electron chi connectivity index (χ0n) is 13.9. The first-order chi connectivity index (χ1) is 11.7. The standard InChI is InChI=1S/C16H21N7O/c1-11-9-13(21-16(17-2)19-11)15(24)20-12-5-4-8-23(10-12)14-6-3-7-18-22-14/h3,6-7,9,12H,4-5,8,10H2,1-2H3,(H,20,24)(H,17,19,21)/t12-/m1/s1. The van der Waals surface area contributed by atoms with E-state index >= 15 is 0 Å². The number of hydrogen-bond acceptors (Lipinski definition) is 7. The third-order valence-electron chi connectivity index (χ3n) is 3.95. The Morgan fingerprint density at radius 1 is 1.38 bits per heavy atom. The van der Waals surface area contributed by atoms with Crippen LogP contribution in [0.15, 0.2) is 24.4 Å². The maximum atomic E-state index is 12.5. The Labute approximate surface area is 140 Å². The van der Waals surface area contributed by atoms with Crippen molar-refractivity contribution in [3.63, 3.8) is 0 Å². The van der Waals surface area contributed by atoms with Gasteiger partial charge in [0, 0.05) is 38.1 Å². The van der Waals surface area contributed by atoms with Gasteiger partial charge in [-0.1, -0.05) is 0 Å². The second kappa shape index (κ2) is 7.20. The van der Waals surface area contributed by atoms with E-state index in [4.69, 9.17) is 0 Å². The summed E-state index contributed by atoms with van der Waals surface area (Å²) in [6.07, 6.45) is 3.58. The lowest BCUT2D eigenvalue weighted by molar-refractivity contribution is 0.0928. The molecular formula is C16H21N7O. The van der Waals surface area contributed by atoms with Crippen LogP contribution in [0.4, 0.5) is 11.8 Å². The summed E-state index contributed by atoms with van der Waals surface area (Å²) in [4.78, 5) is 23.1. The summed E-state index contributed by atoms with van der Waals surface area (Å²) in [6, 6.07) is 5.55. The van der Waals surface area contributed by atoms with E-state index in [0.717, 1.165) is 30.9 Å². The van der Waals surface area contributed by atoms with Crippen molar-refractivity contribution in [2.45, 2.75) is 25.8 Å². The topological polar surface area (TPSA) is 95.9 Å². The summed E-state index contributed by atoms with van der Waals surface area (Å²) in [6.45, 7) is 3.48. The van der Waals surface area contributed by atoms with Crippen molar-refractivity contribution in [3.05, 3.63) is 35.8 Å². The van der Waals surface area contributed by atoms with E-state index in [0.29, 0.717) is 18.2 Å². The van der Waals surface area contributed by atoms with Crippen molar-refractivity contribution < 1.29 is 4.79 Å². The number of aromatic nitrogens is 4. The number of rotatable bonds is 4. The van der Waals surface area contributed by atoms with Gasteiger partial charge < -0.3 is 15.5 Å². The van der Waals surface area contributed by atoms with Gasteiger partial charge in [0.15, 0.2) is 5.82 Å². The summed E-state index contributed by atoms with van der Waals surface area (Å²) in [5, 5.41) is 14.0. The fourth-order valence-electron chi connectivity index (χ4n) is 2.82. The Bertz CT molecular complexity index is 707. The van der Waals surface area contributed by atoms with E-state index in [-0.39, 0.29) is 11.9 Å². The molecule has 0 aliphatic carbocycles. The number of aryl methyl sites for hydroxylation is 1. The summed E-state index contributed by atoms with van der Waals surface area (Å²) in [5.74, 6) is 1.11. The smallest absolute Gasteiger partial charge is 0.270 e. The highest BCUT2D eigenvalue weighted by atomic mass is 16.2. The molecule has 1 aliphatic rings. The van der Waals surface area contributed by atoms with Gasteiger partial charge >= 0.3 is 0 Å². The fourth-order valence-corrected chi connectivity index (χ4v) is 2.82. The van der Waals surface area contributed by atoms with Gasteiger partial charge in [-0.25, -0.2) is 9.97 Å². The fraction of sp³-hybridized carbons (Fsp3) is 0.438. The summed E-state index contributed by atoms with van der Waals surface area (Å²) < 4.78 is 0. The lowest BCUT2D eigenvalue weighted by Crippen LogP contribution is -2.48. The van der Waals surface area contributed by atoms with Crippen LogP contribution in [-0.2, 0) is 0 Å². The van der Waals surface area contributed by atoms with Crippen LogP contribution in [0.1, 0.15) is 29.0 Å². The van der Waals surface area contributed by atoms with Gasteiger partial charge in [-0.05, 0) is 38.0 Å². The molecule has 0 bridgehead atoms. The molecule has 1 atom stereocenters. The molecule has 3 rings (SSSR count). The van der Waals surface area contributed by atoms with Gasteiger partial charge in [-0.15, -0.1) is 5.10 Å². The normalized spacial score (nSPS) is 17.4. The highest BCUT2D eigenvalue weighted by molar-refractivity contribution is 5.92. The predicted octanol–water partition coefficient (Wildman–Crippen LogP) is 1.02. The van der Waals surface area contributed by atoms with Crippen LogP contribution in [0.2, 0.25) is 0 Å². The molecule has 2 aromatic rings. The number of nitrogens with one attached hydrogen (secondary N) is 2. The molecule has 0 saturated carbocycles. The van der Waals surface area contributed by atoms with Crippen LogP contribution >= 0.6 is 0 Å². The third kappa shape index (κ3) is 3.76. The minimum Gasteiger partial charge on any atom is -0.357 e. The molecule has 1 amide bonds. The van der Waals surface area contributed by atoms with Crippen LogP contribution in [-0.4, -0.2) is 52.3 Å². The number of carbonyl (C=O) groups excluding carboxylic acids is 1. The summed E-state index contributed by atoms with van der Waals surface area (Å²) in [7, 11) is 1.73. The highest BCUT2D eigenvalue weighted by Crippen LogP contribution is 2.17. The van der Waals surface area contributed by atoms with E-state index < -0.39 is 0 Å². The van der Waals surface area contributed by atoms with E-state index in [1.165, 1.54) is 0 Å². The Morgan fingerprint density at radius 2 is 2.25 bits per heavy atom. The number of amides is 1. The number of nitrogens with zero attached hydrogens (tertiary/aromatic N) is 5. The Morgan fingerprint density at radius 3 is 3.00 bits per heavy atom. The molecule has 0 unspecified atom stereocenters. The summed E-state index contributed by atoms with van der Waals surface area (Å²) in [5.41, 5.74) is 1.13. The second-order valence-corrected chi connectivity index (χ2v) is 5.81. The predicted molar refractivity (Wildman–Crippen MR) is 91.0 cm³/mol. The van der Waals surface area contributed by atoms with Crippen molar-refractivity contribution in [2.24, 2.45) is 0 Å². The quantitative estimate of drug-likeness (QED) is 0.865. The van der Waals surface area contributed by atoms with Crippen molar-refractivity contribution in [3.8, 4) is 0 Å². The van der Waals surface area contributed by atoms with Crippen molar-refractivity contribution in [1.29, 1.82) is 0 Å². The van der Waals surface area contributed by atoms with E-state index in [2.05, 4.69) is 35.7 Å². The molecule has 0 radical (unpaired) electrons. The molecule has 8 heteroatoms. The molecule has 1 aliphatic heterocycles. The zero-order valence-corrected chi connectivity index (χ0v) is 13.9. The highest BCUT2D eigenvalue weighted by Gasteiger charge is 2.23. The SMILES string of the molecule is CNc1nc(C)cc(C(=O)N[C@@H]2CCCN(c3cccnn3)C2)n1. The van der Waals surface area contributed by atoms with Crippen molar-refractivity contribution >= 4 is 17.7 Å². The van der Waals surface area contributed by atoms with E-state index in [1.807, 2.05) is 19.1 Å². The molecule has 1 fully saturated rings. The molecule has 24 heavy (non-hydrogen) atoms. The van der Waals surface area contributed by atoms with Crippen molar-refractivity contribution in [1.82, 2.24) is 25.5 Å². The largest absolute Gasteiger partial charge is 0.357 e. The first-order valence-electron chi connectivity index (χ1n) is 8.02. The summed E-state index contributed by atoms with van der Waals surface area (Å²) >= 11 is 0. The molecule has 2 aromatic heterocycles.